The molecule has 0 aliphatic carbocycles. The first kappa shape index (κ1) is 13.7. The van der Waals surface area contributed by atoms with Crippen molar-refractivity contribution < 1.29 is 4.39 Å². The number of nitrogens with zero attached hydrogens (tertiary/aromatic N) is 3. The van der Waals surface area contributed by atoms with Gasteiger partial charge in [0.2, 0.25) is 5.95 Å². The van der Waals surface area contributed by atoms with Gasteiger partial charge in [-0.25, -0.2) is 14.4 Å². The molecule has 7 heteroatoms. The lowest BCUT2D eigenvalue weighted by Crippen LogP contribution is -2.11. The molecule has 0 saturated carbocycles. The average Bonchev–Trinajstić information content (AvgIpc) is 2.80. The maximum atomic E-state index is 13.7. The van der Waals surface area contributed by atoms with Crippen LogP contribution in [0.25, 0.3) is 0 Å². The van der Waals surface area contributed by atoms with E-state index in [9.17, 15) is 4.39 Å². The van der Waals surface area contributed by atoms with E-state index in [0.717, 1.165) is 16.1 Å². The maximum absolute atomic E-state index is 13.7. The van der Waals surface area contributed by atoms with E-state index in [-0.39, 0.29) is 11.9 Å². The molecule has 0 bridgehead atoms. The molecule has 102 valence electrons. The van der Waals surface area contributed by atoms with Gasteiger partial charge >= 0.3 is 0 Å². The number of nitrogens with one attached hydrogen (secondary N) is 2. The van der Waals surface area contributed by atoms with Gasteiger partial charge in [0.1, 0.15) is 5.01 Å². The minimum absolute atomic E-state index is 0.0995. The Morgan fingerprint density at radius 2 is 2.16 bits per heavy atom. The van der Waals surface area contributed by atoms with Crippen LogP contribution in [0.5, 0.6) is 0 Å². The molecule has 0 fully saturated rings. The number of aromatic nitrogens is 3. The Morgan fingerprint density at radius 3 is 2.79 bits per heavy atom. The van der Waals surface area contributed by atoms with Gasteiger partial charge < -0.3 is 10.6 Å². The summed E-state index contributed by atoms with van der Waals surface area (Å²) < 4.78 is 13.7. The first-order chi connectivity index (χ1) is 9.10. The summed E-state index contributed by atoms with van der Waals surface area (Å²) in [6.45, 7) is 6.53. The van der Waals surface area contributed by atoms with Crippen LogP contribution in [0.3, 0.4) is 0 Å². The molecule has 2 aromatic heterocycles. The van der Waals surface area contributed by atoms with E-state index in [0.29, 0.717) is 12.5 Å². The number of aryl methyl sites for hydroxylation is 1. The van der Waals surface area contributed by atoms with Crippen LogP contribution in [0.4, 0.5) is 16.2 Å². The summed E-state index contributed by atoms with van der Waals surface area (Å²) in [5, 5.41) is 6.87. The molecule has 2 heterocycles. The standard InChI is InChI=1S/C12H16FN5S/c1-4-14-12-16-6-9(13)10(18-12)17-8(3)11-15-5-7(2)19-11/h5-6,8H,4H2,1-3H3,(H2,14,16,17,18). The molecule has 0 aliphatic rings. The molecule has 5 nitrogen and oxygen atoms in total. The summed E-state index contributed by atoms with van der Waals surface area (Å²) in [5.74, 6) is 0.127. The predicted octanol–water partition coefficient (Wildman–Crippen LogP) is 2.99. The van der Waals surface area contributed by atoms with Crippen molar-refractivity contribution >= 4 is 23.1 Å². The van der Waals surface area contributed by atoms with Crippen molar-refractivity contribution in [3.05, 3.63) is 28.1 Å². The van der Waals surface area contributed by atoms with Crippen molar-refractivity contribution in [3.63, 3.8) is 0 Å². The lowest BCUT2D eigenvalue weighted by molar-refractivity contribution is 0.614. The Morgan fingerprint density at radius 1 is 1.37 bits per heavy atom. The first-order valence-electron chi connectivity index (χ1n) is 6.05. The second kappa shape index (κ2) is 5.92. The summed E-state index contributed by atoms with van der Waals surface area (Å²) in [5.41, 5.74) is 0. The number of thiazole rings is 1. The molecule has 1 unspecified atom stereocenters. The highest BCUT2D eigenvalue weighted by molar-refractivity contribution is 7.11. The Hall–Kier alpha value is -1.76. The maximum Gasteiger partial charge on any atom is 0.224 e. The molecule has 2 aromatic rings. The molecule has 0 aliphatic heterocycles. The van der Waals surface area contributed by atoms with Crippen LogP contribution in [-0.4, -0.2) is 21.5 Å². The van der Waals surface area contributed by atoms with E-state index in [2.05, 4.69) is 25.6 Å². The molecule has 0 spiro atoms. The second-order valence-electron chi connectivity index (χ2n) is 4.10. The van der Waals surface area contributed by atoms with Gasteiger partial charge in [0, 0.05) is 17.6 Å². The smallest absolute Gasteiger partial charge is 0.224 e. The molecular weight excluding hydrogens is 265 g/mol. The zero-order valence-electron chi connectivity index (χ0n) is 11.1. The van der Waals surface area contributed by atoms with E-state index < -0.39 is 5.82 Å². The topological polar surface area (TPSA) is 62.7 Å². The van der Waals surface area contributed by atoms with Crippen molar-refractivity contribution in [3.8, 4) is 0 Å². The van der Waals surface area contributed by atoms with Crippen molar-refractivity contribution in [2.45, 2.75) is 26.8 Å². The van der Waals surface area contributed by atoms with Crippen LogP contribution >= 0.6 is 11.3 Å². The van der Waals surface area contributed by atoms with Gasteiger partial charge in [-0.15, -0.1) is 11.3 Å². The minimum atomic E-state index is -0.471. The van der Waals surface area contributed by atoms with E-state index in [1.54, 1.807) is 17.5 Å². The molecule has 0 saturated heterocycles. The quantitative estimate of drug-likeness (QED) is 0.882. The Kier molecular flexibility index (Phi) is 4.26. The van der Waals surface area contributed by atoms with Gasteiger partial charge in [-0.3, -0.25) is 0 Å². The fraction of sp³-hybridized carbons (Fsp3) is 0.417. The van der Waals surface area contributed by atoms with Crippen molar-refractivity contribution in [1.82, 2.24) is 15.0 Å². The molecule has 19 heavy (non-hydrogen) atoms. The van der Waals surface area contributed by atoms with Crippen LogP contribution < -0.4 is 10.6 Å². The molecule has 2 rings (SSSR count). The Labute approximate surface area is 115 Å². The van der Waals surface area contributed by atoms with Gasteiger partial charge in [-0.05, 0) is 20.8 Å². The fourth-order valence-corrected chi connectivity index (χ4v) is 2.33. The third-order valence-electron chi connectivity index (χ3n) is 2.44. The van der Waals surface area contributed by atoms with Crippen LogP contribution in [0.15, 0.2) is 12.4 Å². The van der Waals surface area contributed by atoms with Gasteiger partial charge in [0.25, 0.3) is 0 Å². The predicted molar refractivity (Wildman–Crippen MR) is 75.0 cm³/mol. The zero-order valence-corrected chi connectivity index (χ0v) is 11.9. The summed E-state index contributed by atoms with van der Waals surface area (Å²) in [7, 11) is 0. The summed E-state index contributed by atoms with van der Waals surface area (Å²) in [4.78, 5) is 13.4. The number of hydrogen-bond donors (Lipinski definition) is 2. The SMILES string of the molecule is CCNc1ncc(F)c(NC(C)c2ncc(C)s2)n1. The van der Waals surface area contributed by atoms with E-state index >= 15 is 0 Å². The molecule has 1 atom stereocenters. The van der Waals surface area contributed by atoms with Crippen LogP contribution in [-0.2, 0) is 0 Å². The van der Waals surface area contributed by atoms with Crippen LogP contribution in [0, 0.1) is 12.7 Å². The largest absolute Gasteiger partial charge is 0.359 e. The highest BCUT2D eigenvalue weighted by atomic mass is 32.1. The monoisotopic (exact) mass is 281 g/mol. The Balaban J connectivity index is 2.15. The highest BCUT2D eigenvalue weighted by Crippen LogP contribution is 2.23. The van der Waals surface area contributed by atoms with Crippen LogP contribution in [0.1, 0.15) is 29.8 Å². The average molecular weight is 281 g/mol. The van der Waals surface area contributed by atoms with Crippen molar-refractivity contribution in [2.75, 3.05) is 17.2 Å². The first-order valence-corrected chi connectivity index (χ1v) is 6.87. The van der Waals surface area contributed by atoms with Gasteiger partial charge in [-0.2, -0.15) is 4.98 Å². The number of hydrogen-bond acceptors (Lipinski definition) is 6. The van der Waals surface area contributed by atoms with Gasteiger partial charge in [-0.1, -0.05) is 0 Å². The van der Waals surface area contributed by atoms with Crippen molar-refractivity contribution in [2.24, 2.45) is 0 Å². The van der Waals surface area contributed by atoms with E-state index in [1.807, 2.05) is 20.8 Å². The lowest BCUT2D eigenvalue weighted by Gasteiger charge is -2.13. The van der Waals surface area contributed by atoms with E-state index in [4.69, 9.17) is 0 Å². The molecule has 0 amide bonds. The Bertz CT molecular complexity index is 557. The molecule has 2 N–H and O–H groups in total. The van der Waals surface area contributed by atoms with Gasteiger partial charge in [0.05, 0.1) is 12.2 Å². The fourth-order valence-electron chi connectivity index (χ4n) is 1.55. The number of rotatable bonds is 5. The third-order valence-corrected chi connectivity index (χ3v) is 3.54. The minimum Gasteiger partial charge on any atom is -0.359 e. The van der Waals surface area contributed by atoms with E-state index in [1.165, 1.54) is 0 Å². The molecular formula is C12H16FN5S. The third kappa shape index (κ3) is 3.37. The summed E-state index contributed by atoms with van der Waals surface area (Å²) in [6, 6.07) is -0.0995. The summed E-state index contributed by atoms with van der Waals surface area (Å²) in [6.07, 6.45) is 2.96. The molecule has 0 radical (unpaired) electrons. The highest BCUT2D eigenvalue weighted by Gasteiger charge is 2.13. The second-order valence-corrected chi connectivity index (χ2v) is 5.36. The lowest BCUT2D eigenvalue weighted by atomic mass is 10.3. The summed E-state index contributed by atoms with van der Waals surface area (Å²) >= 11 is 1.58. The number of halogens is 1. The zero-order chi connectivity index (χ0) is 13.8. The molecule has 0 aromatic carbocycles. The van der Waals surface area contributed by atoms with Gasteiger partial charge in [0.15, 0.2) is 11.6 Å². The number of anilines is 2. The normalized spacial score (nSPS) is 12.2. The van der Waals surface area contributed by atoms with Crippen LogP contribution in [0.2, 0.25) is 0 Å². The van der Waals surface area contributed by atoms with Crippen molar-refractivity contribution in [1.29, 1.82) is 0 Å².